The lowest BCUT2D eigenvalue weighted by Crippen LogP contribution is -2.30. The van der Waals surface area contributed by atoms with Crippen molar-refractivity contribution in [2.45, 2.75) is 25.8 Å². The van der Waals surface area contributed by atoms with Gasteiger partial charge < -0.3 is 11.1 Å². The number of anilines is 1. The second-order valence-electron chi connectivity index (χ2n) is 5.85. The van der Waals surface area contributed by atoms with Crippen molar-refractivity contribution in [2.24, 2.45) is 5.73 Å². The summed E-state index contributed by atoms with van der Waals surface area (Å²) in [5, 5.41) is 3.45. The predicted molar refractivity (Wildman–Crippen MR) is 99.2 cm³/mol. The number of rotatable bonds is 6. The van der Waals surface area contributed by atoms with E-state index >= 15 is 0 Å². The minimum absolute atomic E-state index is 0.150. The number of carbonyl (C=O) groups is 2. The molecule has 0 unspecified atom stereocenters. The second-order valence-corrected chi connectivity index (χ2v) is 8.76. The summed E-state index contributed by atoms with van der Waals surface area (Å²) >= 11 is 8.89. The average Bonchev–Trinajstić information content (AvgIpc) is 3.14. The molecular weight excluding hydrogens is 366 g/mol. The van der Waals surface area contributed by atoms with Crippen molar-refractivity contribution in [2.75, 3.05) is 18.9 Å². The summed E-state index contributed by atoms with van der Waals surface area (Å²) in [5.41, 5.74) is 7.02. The first-order chi connectivity index (χ1) is 11.4. The number of hydrogen-bond donors (Lipinski definition) is 2. The van der Waals surface area contributed by atoms with E-state index in [-0.39, 0.29) is 12.5 Å². The predicted octanol–water partition coefficient (Wildman–Crippen LogP) is 3.12. The number of primary amides is 1. The first-order valence-corrected chi connectivity index (χ1v) is 9.62. The van der Waals surface area contributed by atoms with Crippen LogP contribution in [0.15, 0.2) is 12.1 Å². The summed E-state index contributed by atoms with van der Waals surface area (Å²) in [6.07, 6.45) is 2.86. The van der Waals surface area contributed by atoms with Crippen LogP contribution in [-0.2, 0) is 24.2 Å². The van der Waals surface area contributed by atoms with Gasteiger partial charge in [-0.05, 0) is 44.0 Å². The van der Waals surface area contributed by atoms with Gasteiger partial charge in [-0.1, -0.05) is 11.6 Å². The van der Waals surface area contributed by atoms with Crippen molar-refractivity contribution in [1.29, 1.82) is 0 Å². The number of amides is 2. The molecule has 3 rings (SSSR count). The van der Waals surface area contributed by atoms with Crippen LogP contribution in [0.1, 0.15) is 32.1 Å². The SMILES string of the molecule is CN(CC(=O)Nc1sc2c(c1C(N)=O)CCC2)Cc1ccc(Cl)s1. The molecular formula is C16H18ClN3O2S2. The molecule has 3 N–H and O–H groups in total. The fourth-order valence-electron chi connectivity index (χ4n) is 2.92. The van der Waals surface area contributed by atoms with Crippen LogP contribution in [0, 0.1) is 0 Å². The number of nitrogens with zero attached hydrogens (tertiary/aromatic N) is 1. The van der Waals surface area contributed by atoms with E-state index in [9.17, 15) is 9.59 Å². The van der Waals surface area contributed by atoms with Crippen molar-refractivity contribution in [3.63, 3.8) is 0 Å². The quantitative estimate of drug-likeness (QED) is 0.804. The minimum Gasteiger partial charge on any atom is -0.365 e. The first-order valence-electron chi connectivity index (χ1n) is 7.61. The van der Waals surface area contributed by atoms with Gasteiger partial charge in [0.2, 0.25) is 5.91 Å². The van der Waals surface area contributed by atoms with Crippen molar-refractivity contribution in [1.82, 2.24) is 4.90 Å². The van der Waals surface area contributed by atoms with Gasteiger partial charge in [0.25, 0.3) is 5.91 Å². The third-order valence-corrected chi connectivity index (χ3v) is 6.31. The molecule has 1 aliphatic rings. The van der Waals surface area contributed by atoms with Gasteiger partial charge in [0.15, 0.2) is 0 Å². The topological polar surface area (TPSA) is 75.4 Å². The number of carbonyl (C=O) groups excluding carboxylic acids is 2. The van der Waals surface area contributed by atoms with Crippen molar-refractivity contribution < 1.29 is 9.59 Å². The summed E-state index contributed by atoms with van der Waals surface area (Å²) in [4.78, 5) is 28.2. The van der Waals surface area contributed by atoms with E-state index in [0.29, 0.717) is 17.1 Å². The molecule has 0 radical (unpaired) electrons. The third-order valence-electron chi connectivity index (χ3n) is 3.89. The highest BCUT2D eigenvalue weighted by Gasteiger charge is 2.26. The molecule has 1 aliphatic carbocycles. The minimum atomic E-state index is -0.466. The van der Waals surface area contributed by atoms with Crippen molar-refractivity contribution in [3.05, 3.63) is 37.4 Å². The summed E-state index contributed by atoms with van der Waals surface area (Å²) < 4.78 is 0.738. The molecule has 0 bridgehead atoms. The maximum Gasteiger partial charge on any atom is 0.251 e. The van der Waals surface area contributed by atoms with Crippen LogP contribution in [0.3, 0.4) is 0 Å². The Morgan fingerprint density at radius 1 is 1.33 bits per heavy atom. The summed E-state index contributed by atoms with van der Waals surface area (Å²) in [7, 11) is 1.87. The summed E-state index contributed by atoms with van der Waals surface area (Å²) in [5.74, 6) is -0.617. The Bertz CT molecular complexity index is 784. The standard InChI is InChI=1S/C16H18ClN3O2S2/c1-20(7-9-5-6-12(17)23-9)8-13(21)19-16-14(15(18)22)10-3-2-4-11(10)24-16/h5-6H,2-4,7-8H2,1H3,(H2,18,22)(H,19,21). The summed E-state index contributed by atoms with van der Waals surface area (Å²) in [6, 6.07) is 3.80. The smallest absolute Gasteiger partial charge is 0.251 e. The average molecular weight is 384 g/mol. The highest BCUT2D eigenvalue weighted by atomic mass is 35.5. The molecule has 0 aliphatic heterocycles. The molecule has 2 amide bonds. The third kappa shape index (κ3) is 3.80. The molecule has 0 saturated heterocycles. The molecule has 2 aromatic heterocycles. The van der Waals surface area contributed by atoms with Gasteiger partial charge in [0.05, 0.1) is 16.4 Å². The Hall–Kier alpha value is -1.41. The Balaban J connectivity index is 1.64. The van der Waals surface area contributed by atoms with E-state index in [2.05, 4.69) is 5.32 Å². The van der Waals surface area contributed by atoms with Crippen LogP contribution >= 0.6 is 34.3 Å². The highest BCUT2D eigenvalue weighted by Crippen LogP contribution is 2.38. The van der Waals surface area contributed by atoms with Gasteiger partial charge in [-0.25, -0.2) is 0 Å². The first kappa shape index (κ1) is 17.4. The van der Waals surface area contributed by atoms with Gasteiger partial charge >= 0.3 is 0 Å². The van der Waals surface area contributed by atoms with Crippen LogP contribution in [0.4, 0.5) is 5.00 Å². The highest BCUT2D eigenvalue weighted by molar-refractivity contribution is 7.17. The van der Waals surface area contributed by atoms with Gasteiger partial charge in [-0.15, -0.1) is 22.7 Å². The van der Waals surface area contributed by atoms with Crippen molar-refractivity contribution >= 4 is 51.1 Å². The molecule has 8 heteroatoms. The van der Waals surface area contributed by atoms with Crippen LogP contribution < -0.4 is 11.1 Å². The van der Waals surface area contributed by atoms with E-state index in [0.717, 1.165) is 34.0 Å². The molecule has 0 saturated carbocycles. The normalized spacial score (nSPS) is 13.3. The lowest BCUT2D eigenvalue weighted by Gasteiger charge is -2.15. The Morgan fingerprint density at radius 3 is 2.79 bits per heavy atom. The van der Waals surface area contributed by atoms with Crippen LogP contribution in [0.2, 0.25) is 4.34 Å². The molecule has 5 nitrogen and oxygen atoms in total. The number of nitrogens with one attached hydrogen (secondary N) is 1. The molecule has 0 fully saturated rings. The van der Waals surface area contributed by atoms with Crippen LogP contribution in [-0.4, -0.2) is 30.3 Å². The van der Waals surface area contributed by atoms with Gasteiger partial charge in [0, 0.05) is 16.3 Å². The number of aryl methyl sites for hydroxylation is 1. The zero-order valence-corrected chi connectivity index (χ0v) is 15.6. The maximum absolute atomic E-state index is 12.3. The van der Waals surface area contributed by atoms with E-state index in [1.807, 2.05) is 24.1 Å². The van der Waals surface area contributed by atoms with E-state index in [1.165, 1.54) is 27.6 Å². The molecule has 0 spiro atoms. The van der Waals surface area contributed by atoms with Crippen LogP contribution in [0.5, 0.6) is 0 Å². The Morgan fingerprint density at radius 2 is 2.12 bits per heavy atom. The Labute approximate surface area is 153 Å². The van der Waals surface area contributed by atoms with Gasteiger partial charge in [-0.2, -0.15) is 0 Å². The van der Waals surface area contributed by atoms with Crippen molar-refractivity contribution in [3.8, 4) is 0 Å². The molecule has 2 aromatic rings. The van der Waals surface area contributed by atoms with Gasteiger partial charge in [-0.3, -0.25) is 14.5 Å². The number of nitrogens with two attached hydrogens (primary N) is 1. The number of fused-ring (bicyclic) bond motifs is 1. The molecule has 24 heavy (non-hydrogen) atoms. The number of hydrogen-bond acceptors (Lipinski definition) is 5. The number of likely N-dealkylation sites (N-methyl/N-ethyl adjacent to an activating group) is 1. The molecule has 0 atom stereocenters. The fourth-order valence-corrected chi connectivity index (χ4v) is 5.40. The van der Waals surface area contributed by atoms with E-state index in [1.54, 1.807) is 0 Å². The maximum atomic E-state index is 12.3. The zero-order valence-electron chi connectivity index (χ0n) is 13.2. The lowest BCUT2D eigenvalue weighted by molar-refractivity contribution is -0.117. The second kappa shape index (κ2) is 7.23. The monoisotopic (exact) mass is 383 g/mol. The molecule has 2 heterocycles. The lowest BCUT2D eigenvalue weighted by atomic mass is 10.1. The van der Waals surface area contributed by atoms with Crippen LogP contribution in [0.25, 0.3) is 0 Å². The zero-order chi connectivity index (χ0) is 17.3. The molecule has 128 valence electrons. The Kier molecular flexibility index (Phi) is 5.24. The number of halogens is 1. The summed E-state index contributed by atoms with van der Waals surface area (Å²) in [6.45, 7) is 0.880. The van der Waals surface area contributed by atoms with E-state index in [4.69, 9.17) is 17.3 Å². The fraction of sp³-hybridized carbons (Fsp3) is 0.375. The molecule has 0 aromatic carbocycles. The largest absolute Gasteiger partial charge is 0.365 e. The number of thiophene rings is 2. The van der Waals surface area contributed by atoms with E-state index < -0.39 is 5.91 Å². The van der Waals surface area contributed by atoms with Gasteiger partial charge in [0.1, 0.15) is 5.00 Å².